The zero-order valence-corrected chi connectivity index (χ0v) is 12.4. The number of carbonyl (C=O) groups is 2. The Balaban J connectivity index is 2.32. The van der Waals surface area contributed by atoms with Crippen LogP contribution in [-0.4, -0.2) is 19.0 Å². The van der Waals surface area contributed by atoms with Crippen molar-refractivity contribution in [3.05, 3.63) is 39.6 Å². The predicted octanol–water partition coefficient (Wildman–Crippen LogP) is 2.26. The summed E-state index contributed by atoms with van der Waals surface area (Å²) in [5, 5.41) is 4.47. The monoisotopic (exact) mass is 305 g/mol. The summed E-state index contributed by atoms with van der Waals surface area (Å²) >= 11 is 1.21. The summed E-state index contributed by atoms with van der Waals surface area (Å²) in [6.07, 6.45) is 0. The standard InChI is InChI=1S/C14H15N3O3S/c1-7-6-21-12(14(19)20-2)11(7)17-13(18)9-4-3-8(15)5-10(9)16/h3-6H,15-16H2,1-2H3,(H,17,18). The molecule has 21 heavy (non-hydrogen) atoms. The van der Waals surface area contributed by atoms with E-state index < -0.39 is 11.9 Å². The van der Waals surface area contributed by atoms with Gasteiger partial charge in [0.05, 0.1) is 18.4 Å². The minimum absolute atomic E-state index is 0.278. The number of methoxy groups -OCH3 is 1. The molecule has 2 aromatic rings. The first-order valence-electron chi connectivity index (χ1n) is 6.06. The number of nitrogens with one attached hydrogen (secondary N) is 1. The Labute approximate surface area is 125 Å². The van der Waals surface area contributed by atoms with Crippen molar-refractivity contribution in [1.29, 1.82) is 0 Å². The highest BCUT2D eigenvalue weighted by atomic mass is 32.1. The molecule has 2 rings (SSSR count). The number of thiophene rings is 1. The van der Waals surface area contributed by atoms with Crippen LogP contribution in [-0.2, 0) is 4.74 Å². The molecule has 0 saturated carbocycles. The van der Waals surface area contributed by atoms with Gasteiger partial charge in [-0.1, -0.05) is 0 Å². The molecule has 7 heteroatoms. The van der Waals surface area contributed by atoms with Gasteiger partial charge < -0.3 is 21.5 Å². The topological polar surface area (TPSA) is 107 Å². The number of hydrogen-bond donors (Lipinski definition) is 3. The molecule has 0 aliphatic heterocycles. The molecule has 0 unspecified atom stereocenters. The number of amides is 1. The van der Waals surface area contributed by atoms with Crippen LogP contribution in [0.3, 0.4) is 0 Å². The Morgan fingerprint density at radius 1 is 1.29 bits per heavy atom. The van der Waals surface area contributed by atoms with Gasteiger partial charge in [0.1, 0.15) is 4.88 Å². The minimum Gasteiger partial charge on any atom is -0.465 e. The number of aryl methyl sites for hydroxylation is 1. The molecule has 1 heterocycles. The second-order valence-corrected chi connectivity index (χ2v) is 5.29. The lowest BCUT2D eigenvalue weighted by Crippen LogP contribution is -2.16. The van der Waals surface area contributed by atoms with E-state index in [0.29, 0.717) is 21.8 Å². The molecule has 0 bridgehead atoms. The van der Waals surface area contributed by atoms with Gasteiger partial charge in [-0.15, -0.1) is 11.3 Å². The summed E-state index contributed by atoms with van der Waals surface area (Å²) in [6.45, 7) is 1.80. The summed E-state index contributed by atoms with van der Waals surface area (Å²) in [5.74, 6) is -0.896. The number of anilines is 3. The van der Waals surface area contributed by atoms with Crippen LogP contribution in [0, 0.1) is 6.92 Å². The Morgan fingerprint density at radius 3 is 2.62 bits per heavy atom. The second kappa shape index (κ2) is 5.84. The van der Waals surface area contributed by atoms with Crippen molar-refractivity contribution in [3.63, 3.8) is 0 Å². The molecule has 0 spiro atoms. The van der Waals surface area contributed by atoms with E-state index in [9.17, 15) is 9.59 Å². The van der Waals surface area contributed by atoms with Crippen LogP contribution in [0.25, 0.3) is 0 Å². The molecule has 6 nitrogen and oxygen atoms in total. The first-order valence-corrected chi connectivity index (χ1v) is 6.94. The van der Waals surface area contributed by atoms with Crippen LogP contribution < -0.4 is 16.8 Å². The fourth-order valence-corrected chi connectivity index (χ4v) is 2.73. The predicted molar refractivity (Wildman–Crippen MR) is 83.6 cm³/mol. The molecular formula is C14H15N3O3S. The quantitative estimate of drug-likeness (QED) is 0.595. The summed E-state index contributed by atoms with van der Waals surface area (Å²) in [5.41, 5.74) is 13.7. The molecule has 0 aliphatic carbocycles. The normalized spacial score (nSPS) is 10.2. The maximum Gasteiger partial charge on any atom is 0.350 e. The zero-order chi connectivity index (χ0) is 15.6. The highest BCUT2D eigenvalue weighted by molar-refractivity contribution is 7.12. The molecule has 0 saturated heterocycles. The van der Waals surface area contributed by atoms with Gasteiger partial charge in [-0.3, -0.25) is 4.79 Å². The third-order valence-electron chi connectivity index (χ3n) is 2.90. The fraction of sp³-hybridized carbons (Fsp3) is 0.143. The van der Waals surface area contributed by atoms with Gasteiger partial charge in [-0.05, 0) is 36.1 Å². The number of ether oxygens (including phenoxy) is 1. The van der Waals surface area contributed by atoms with Gasteiger partial charge in [-0.25, -0.2) is 4.79 Å². The van der Waals surface area contributed by atoms with Crippen molar-refractivity contribution in [3.8, 4) is 0 Å². The highest BCUT2D eigenvalue weighted by Crippen LogP contribution is 2.29. The second-order valence-electron chi connectivity index (χ2n) is 4.42. The molecule has 1 amide bonds. The number of rotatable bonds is 3. The lowest BCUT2D eigenvalue weighted by molar-refractivity contribution is 0.0607. The van der Waals surface area contributed by atoms with Crippen LogP contribution in [0.1, 0.15) is 25.6 Å². The lowest BCUT2D eigenvalue weighted by atomic mass is 10.1. The molecule has 5 N–H and O–H groups in total. The van der Waals surface area contributed by atoms with E-state index in [1.54, 1.807) is 24.4 Å². The van der Waals surface area contributed by atoms with E-state index in [0.717, 1.165) is 5.56 Å². The summed E-state index contributed by atoms with van der Waals surface area (Å²) in [6, 6.07) is 4.64. The average molecular weight is 305 g/mol. The smallest absolute Gasteiger partial charge is 0.350 e. The third-order valence-corrected chi connectivity index (χ3v) is 3.98. The fourth-order valence-electron chi connectivity index (χ4n) is 1.81. The van der Waals surface area contributed by atoms with Crippen molar-refractivity contribution >= 4 is 40.3 Å². The largest absolute Gasteiger partial charge is 0.465 e. The molecule has 0 fully saturated rings. The maximum absolute atomic E-state index is 12.3. The molecule has 1 aromatic carbocycles. The zero-order valence-electron chi connectivity index (χ0n) is 11.6. The molecular weight excluding hydrogens is 290 g/mol. The van der Waals surface area contributed by atoms with E-state index in [4.69, 9.17) is 16.2 Å². The SMILES string of the molecule is COC(=O)c1scc(C)c1NC(=O)c1ccc(N)cc1N. The number of carbonyl (C=O) groups excluding carboxylic acids is 2. The molecule has 0 radical (unpaired) electrons. The summed E-state index contributed by atoms with van der Waals surface area (Å²) in [4.78, 5) is 24.3. The highest BCUT2D eigenvalue weighted by Gasteiger charge is 2.20. The Hall–Kier alpha value is -2.54. The van der Waals surface area contributed by atoms with Crippen molar-refractivity contribution in [1.82, 2.24) is 0 Å². The van der Waals surface area contributed by atoms with Gasteiger partial charge in [0.25, 0.3) is 5.91 Å². The number of nitrogens with two attached hydrogens (primary N) is 2. The van der Waals surface area contributed by atoms with Crippen LogP contribution in [0.4, 0.5) is 17.1 Å². The molecule has 1 aromatic heterocycles. The van der Waals surface area contributed by atoms with Gasteiger partial charge in [0, 0.05) is 11.4 Å². The first-order chi connectivity index (χ1) is 9.93. The van der Waals surface area contributed by atoms with Crippen molar-refractivity contribution in [2.75, 3.05) is 23.9 Å². The van der Waals surface area contributed by atoms with Crippen molar-refractivity contribution in [2.45, 2.75) is 6.92 Å². The van der Waals surface area contributed by atoms with Crippen molar-refractivity contribution in [2.24, 2.45) is 0 Å². The Morgan fingerprint density at radius 2 is 2.00 bits per heavy atom. The average Bonchev–Trinajstić information content (AvgIpc) is 2.79. The van der Waals surface area contributed by atoms with Crippen molar-refractivity contribution < 1.29 is 14.3 Å². The summed E-state index contributed by atoms with van der Waals surface area (Å²) < 4.78 is 4.70. The minimum atomic E-state index is -0.492. The van der Waals surface area contributed by atoms with Gasteiger partial charge in [0.15, 0.2) is 0 Å². The Bertz CT molecular complexity index is 709. The molecule has 110 valence electrons. The molecule has 0 aliphatic rings. The lowest BCUT2D eigenvalue weighted by Gasteiger charge is -2.09. The first kappa shape index (κ1) is 14.9. The van der Waals surface area contributed by atoms with E-state index >= 15 is 0 Å². The van der Waals surface area contributed by atoms with E-state index in [2.05, 4.69) is 5.32 Å². The van der Waals surface area contributed by atoms with E-state index in [1.165, 1.54) is 24.5 Å². The summed E-state index contributed by atoms with van der Waals surface area (Å²) in [7, 11) is 1.29. The van der Waals surface area contributed by atoms with Crippen LogP contribution in [0.5, 0.6) is 0 Å². The number of benzene rings is 1. The van der Waals surface area contributed by atoms with Crippen LogP contribution in [0.15, 0.2) is 23.6 Å². The van der Waals surface area contributed by atoms with E-state index in [-0.39, 0.29) is 5.69 Å². The van der Waals surface area contributed by atoms with E-state index in [1.807, 2.05) is 0 Å². The number of esters is 1. The Kier molecular flexibility index (Phi) is 4.13. The van der Waals surface area contributed by atoms with Gasteiger partial charge in [-0.2, -0.15) is 0 Å². The van der Waals surface area contributed by atoms with Gasteiger partial charge >= 0.3 is 5.97 Å². The van der Waals surface area contributed by atoms with Gasteiger partial charge in [0.2, 0.25) is 0 Å². The number of hydrogen-bond acceptors (Lipinski definition) is 6. The van der Waals surface area contributed by atoms with Crippen LogP contribution >= 0.6 is 11.3 Å². The number of nitrogen functional groups attached to an aromatic ring is 2. The van der Waals surface area contributed by atoms with Crippen LogP contribution in [0.2, 0.25) is 0 Å². The molecule has 0 atom stereocenters. The third kappa shape index (κ3) is 2.97. The maximum atomic E-state index is 12.3.